The SMILES string of the molecule is C=C(C)C(F)(F)c1cc(C2=CC(=O)N3C=C(N4CCNC(C)C4)C=CC3=CCC2C)ccc1OC. The molecule has 7 heteroatoms. The van der Waals surface area contributed by atoms with Crippen molar-refractivity contribution >= 4 is 11.5 Å². The van der Waals surface area contributed by atoms with Crippen LogP contribution in [0.15, 0.2) is 72.2 Å². The Hall–Kier alpha value is -3.19. The quantitative estimate of drug-likeness (QED) is 0.587. The van der Waals surface area contributed by atoms with E-state index in [2.05, 4.69) is 29.8 Å². The van der Waals surface area contributed by atoms with Crippen LogP contribution in [0.3, 0.4) is 0 Å². The molecule has 0 aliphatic carbocycles. The van der Waals surface area contributed by atoms with E-state index >= 15 is 0 Å². The summed E-state index contributed by atoms with van der Waals surface area (Å²) in [6.07, 6.45) is 10.2. The lowest BCUT2D eigenvalue weighted by Crippen LogP contribution is -2.48. The van der Waals surface area contributed by atoms with Gasteiger partial charge in [-0.2, -0.15) is 8.78 Å². The Morgan fingerprint density at radius 1 is 1.23 bits per heavy atom. The van der Waals surface area contributed by atoms with Crippen LogP contribution < -0.4 is 10.1 Å². The van der Waals surface area contributed by atoms with Crippen LogP contribution in [0.5, 0.6) is 5.75 Å². The summed E-state index contributed by atoms with van der Waals surface area (Å²) in [4.78, 5) is 17.4. The first kappa shape index (κ1) is 24.9. The second kappa shape index (κ2) is 9.82. The van der Waals surface area contributed by atoms with Gasteiger partial charge in [-0.15, -0.1) is 0 Å². The zero-order valence-electron chi connectivity index (χ0n) is 20.8. The van der Waals surface area contributed by atoms with Crippen molar-refractivity contribution in [2.75, 3.05) is 26.7 Å². The second-order valence-corrected chi connectivity index (χ2v) is 9.53. The lowest BCUT2D eigenvalue weighted by Gasteiger charge is -2.37. The Bertz CT molecular complexity index is 1150. The number of alkyl halides is 2. The molecule has 4 rings (SSSR count). The minimum absolute atomic E-state index is 0.0407. The molecule has 2 atom stereocenters. The predicted octanol–water partition coefficient (Wildman–Crippen LogP) is 5.20. The van der Waals surface area contributed by atoms with Gasteiger partial charge in [-0.25, -0.2) is 0 Å². The zero-order valence-corrected chi connectivity index (χ0v) is 20.8. The standard InChI is InChI=1S/C28H33F2N3O2/c1-18(2)28(29,30)25-14-21(7-11-26(25)35-5)24-15-27(34)33-17-23(32-13-12-31-20(4)16-32)10-9-22(33)8-6-19(24)3/h7-11,14-15,17,19-20,31H,1,6,12-13,16H2,2-5H3. The number of amides is 1. The molecule has 35 heavy (non-hydrogen) atoms. The number of carbonyl (C=O) groups is 1. The highest BCUT2D eigenvalue weighted by Gasteiger charge is 2.36. The van der Waals surface area contributed by atoms with Gasteiger partial charge in [0.15, 0.2) is 0 Å². The summed E-state index contributed by atoms with van der Waals surface area (Å²) in [7, 11) is 1.37. The molecular formula is C28H33F2N3O2. The molecule has 1 saturated heterocycles. The largest absolute Gasteiger partial charge is 0.496 e. The van der Waals surface area contributed by atoms with E-state index in [1.807, 2.05) is 25.3 Å². The zero-order chi connectivity index (χ0) is 25.3. The van der Waals surface area contributed by atoms with Gasteiger partial charge >= 0.3 is 0 Å². The van der Waals surface area contributed by atoms with E-state index in [1.165, 1.54) is 26.2 Å². The molecule has 0 radical (unpaired) electrons. The van der Waals surface area contributed by atoms with Crippen molar-refractivity contribution in [1.82, 2.24) is 15.1 Å². The average molecular weight is 482 g/mol. The third-order valence-corrected chi connectivity index (χ3v) is 6.83. The molecule has 1 aromatic carbocycles. The van der Waals surface area contributed by atoms with Gasteiger partial charge in [0.2, 0.25) is 0 Å². The van der Waals surface area contributed by atoms with Crippen molar-refractivity contribution < 1.29 is 18.3 Å². The molecule has 1 amide bonds. The molecule has 5 nitrogen and oxygen atoms in total. The first-order valence-electron chi connectivity index (χ1n) is 12.0. The number of nitrogens with zero attached hydrogens (tertiary/aromatic N) is 2. The summed E-state index contributed by atoms with van der Waals surface area (Å²) in [5.41, 5.74) is 2.59. The highest BCUT2D eigenvalue weighted by Crippen LogP contribution is 2.42. The highest BCUT2D eigenvalue weighted by molar-refractivity contribution is 5.98. The van der Waals surface area contributed by atoms with Crippen LogP contribution >= 0.6 is 0 Å². The Balaban J connectivity index is 1.70. The van der Waals surface area contributed by atoms with Crippen molar-refractivity contribution in [3.8, 4) is 5.75 Å². The third kappa shape index (κ3) is 4.96. The van der Waals surface area contributed by atoms with Gasteiger partial charge in [0.05, 0.1) is 18.4 Å². The van der Waals surface area contributed by atoms with Gasteiger partial charge in [0, 0.05) is 43.6 Å². The van der Waals surface area contributed by atoms with Gasteiger partial charge in [-0.05, 0) is 67.2 Å². The number of benzene rings is 1. The van der Waals surface area contributed by atoms with E-state index in [0.29, 0.717) is 23.6 Å². The van der Waals surface area contributed by atoms with E-state index in [9.17, 15) is 13.6 Å². The maximum Gasteiger partial charge on any atom is 0.297 e. The summed E-state index contributed by atoms with van der Waals surface area (Å²) in [5.74, 6) is -3.40. The Morgan fingerprint density at radius 2 is 1.97 bits per heavy atom. The molecule has 2 unspecified atom stereocenters. The number of hydrogen-bond donors (Lipinski definition) is 1. The lowest BCUT2D eigenvalue weighted by atomic mass is 9.87. The number of nitrogens with one attached hydrogen (secondary N) is 1. The van der Waals surface area contributed by atoms with E-state index in [1.54, 1.807) is 17.0 Å². The first-order valence-corrected chi connectivity index (χ1v) is 12.0. The maximum atomic E-state index is 15.0. The molecule has 0 aromatic heterocycles. The van der Waals surface area contributed by atoms with Crippen molar-refractivity contribution in [2.45, 2.75) is 39.2 Å². The van der Waals surface area contributed by atoms with Crippen molar-refractivity contribution in [1.29, 1.82) is 0 Å². The Kier molecular flexibility index (Phi) is 6.99. The molecule has 1 fully saturated rings. The minimum Gasteiger partial charge on any atom is -0.496 e. The smallest absolute Gasteiger partial charge is 0.297 e. The van der Waals surface area contributed by atoms with Crippen LogP contribution in [0.4, 0.5) is 8.78 Å². The number of rotatable bonds is 5. The molecule has 1 N–H and O–H groups in total. The number of halogens is 2. The fraction of sp³-hybridized carbons (Fsp3) is 0.393. The fourth-order valence-corrected chi connectivity index (χ4v) is 4.71. The molecule has 3 aliphatic heterocycles. The van der Waals surface area contributed by atoms with Crippen LogP contribution in [0, 0.1) is 5.92 Å². The fourth-order valence-electron chi connectivity index (χ4n) is 4.71. The maximum absolute atomic E-state index is 15.0. The molecule has 3 heterocycles. The molecule has 0 spiro atoms. The summed E-state index contributed by atoms with van der Waals surface area (Å²) in [5, 5.41) is 3.43. The van der Waals surface area contributed by atoms with E-state index < -0.39 is 5.92 Å². The van der Waals surface area contributed by atoms with Crippen molar-refractivity contribution in [3.63, 3.8) is 0 Å². The summed E-state index contributed by atoms with van der Waals surface area (Å²) < 4.78 is 35.1. The molecule has 3 aliphatic rings. The average Bonchev–Trinajstić information content (AvgIpc) is 2.84. The third-order valence-electron chi connectivity index (χ3n) is 6.83. The van der Waals surface area contributed by atoms with Crippen LogP contribution in [-0.2, 0) is 10.7 Å². The van der Waals surface area contributed by atoms with Crippen molar-refractivity contribution in [3.05, 3.63) is 83.4 Å². The minimum atomic E-state index is -3.25. The monoisotopic (exact) mass is 481 g/mol. The molecule has 186 valence electrons. The number of fused-ring (bicyclic) bond motifs is 1. The van der Waals surface area contributed by atoms with Crippen molar-refractivity contribution in [2.24, 2.45) is 5.92 Å². The first-order chi connectivity index (χ1) is 16.6. The molecule has 0 saturated carbocycles. The number of piperazine rings is 1. The number of hydrogen-bond acceptors (Lipinski definition) is 4. The second-order valence-electron chi connectivity index (χ2n) is 9.53. The molecule has 1 aromatic rings. The number of allylic oxidation sites excluding steroid dienone is 5. The van der Waals surface area contributed by atoms with Gasteiger partial charge < -0.3 is 15.0 Å². The normalized spacial score (nSPS) is 23.0. The number of carbonyl (C=O) groups excluding carboxylic acids is 1. The van der Waals surface area contributed by atoms with E-state index in [0.717, 1.165) is 31.0 Å². The van der Waals surface area contributed by atoms with Gasteiger partial charge in [0.25, 0.3) is 11.8 Å². The Labute approximate surface area is 206 Å². The van der Waals surface area contributed by atoms with Crippen LogP contribution in [0.2, 0.25) is 0 Å². The topological polar surface area (TPSA) is 44.8 Å². The Morgan fingerprint density at radius 3 is 2.66 bits per heavy atom. The van der Waals surface area contributed by atoms with Gasteiger partial charge in [0.1, 0.15) is 5.75 Å². The van der Waals surface area contributed by atoms with E-state index in [4.69, 9.17) is 4.74 Å². The molecular weight excluding hydrogens is 448 g/mol. The molecule has 0 bridgehead atoms. The van der Waals surface area contributed by atoms with Gasteiger partial charge in [-0.3, -0.25) is 9.69 Å². The van der Waals surface area contributed by atoms with E-state index in [-0.39, 0.29) is 28.7 Å². The lowest BCUT2D eigenvalue weighted by molar-refractivity contribution is -0.122. The predicted molar refractivity (Wildman–Crippen MR) is 135 cm³/mol. The number of methoxy groups -OCH3 is 1. The highest BCUT2D eigenvalue weighted by atomic mass is 19.3. The van der Waals surface area contributed by atoms with Gasteiger partial charge in [-0.1, -0.05) is 25.6 Å². The summed E-state index contributed by atoms with van der Waals surface area (Å²) >= 11 is 0. The van der Waals surface area contributed by atoms with Crippen LogP contribution in [0.25, 0.3) is 5.57 Å². The summed E-state index contributed by atoms with van der Waals surface area (Å²) in [6.45, 7) is 11.5. The summed E-state index contributed by atoms with van der Waals surface area (Å²) in [6, 6.07) is 5.06. The van der Waals surface area contributed by atoms with Crippen LogP contribution in [-0.4, -0.2) is 48.5 Å². The number of ether oxygens (including phenoxy) is 1. The van der Waals surface area contributed by atoms with Crippen LogP contribution in [0.1, 0.15) is 38.3 Å².